The lowest BCUT2D eigenvalue weighted by Crippen LogP contribution is -2.38. The van der Waals surface area contributed by atoms with Crippen molar-refractivity contribution in [2.24, 2.45) is 0 Å². The molecular weight excluding hydrogens is 234 g/mol. The average Bonchev–Trinajstić information content (AvgIpc) is 2.83. The van der Waals surface area contributed by atoms with Crippen LogP contribution in [0.15, 0.2) is 18.5 Å². The molecule has 1 heterocycles. The summed E-state index contributed by atoms with van der Waals surface area (Å²) in [5, 5.41) is 4.19. The van der Waals surface area contributed by atoms with Gasteiger partial charge in [-0.2, -0.15) is 5.10 Å². The molecule has 5 heteroatoms. The predicted octanol–water partition coefficient (Wildman–Crippen LogP) is 1.87. The maximum Gasteiger partial charge on any atom is 0.235 e. The van der Waals surface area contributed by atoms with Crippen molar-refractivity contribution in [3.8, 4) is 0 Å². The number of thioether (sulfide) groups is 1. The average molecular weight is 255 g/mol. The van der Waals surface area contributed by atoms with Crippen molar-refractivity contribution >= 4 is 17.7 Å². The summed E-state index contributed by atoms with van der Waals surface area (Å²) in [6.45, 7) is 8.32. The first-order valence-electron chi connectivity index (χ1n) is 6.06. The number of aromatic nitrogens is 2. The van der Waals surface area contributed by atoms with Gasteiger partial charge >= 0.3 is 0 Å². The third kappa shape index (κ3) is 4.42. The van der Waals surface area contributed by atoms with Crippen molar-refractivity contribution in [1.82, 2.24) is 14.7 Å². The highest BCUT2D eigenvalue weighted by Crippen LogP contribution is 2.12. The van der Waals surface area contributed by atoms with Crippen LogP contribution in [0, 0.1) is 0 Å². The Bertz CT molecular complexity index is 327. The lowest BCUT2D eigenvalue weighted by molar-refractivity contribution is -0.130. The number of hydrogen-bond donors (Lipinski definition) is 0. The van der Waals surface area contributed by atoms with Crippen molar-refractivity contribution in [3.63, 3.8) is 0 Å². The van der Waals surface area contributed by atoms with Crippen LogP contribution in [0.5, 0.6) is 0 Å². The van der Waals surface area contributed by atoms with E-state index in [9.17, 15) is 4.79 Å². The molecule has 0 aliphatic carbocycles. The van der Waals surface area contributed by atoms with E-state index >= 15 is 0 Å². The second kappa shape index (κ2) is 7.37. The molecular formula is C12H21N3OS. The highest BCUT2D eigenvalue weighted by atomic mass is 32.2. The number of hydrogen-bond acceptors (Lipinski definition) is 3. The fourth-order valence-corrected chi connectivity index (χ4v) is 2.45. The third-order valence-electron chi connectivity index (χ3n) is 2.62. The van der Waals surface area contributed by atoms with Crippen LogP contribution in [-0.4, -0.2) is 44.7 Å². The topological polar surface area (TPSA) is 38.1 Å². The number of nitrogens with zero attached hydrogens (tertiary/aromatic N) is 3. The van der Waals surface area contributed by atoms with Gasteiger partial charge in [0.2, 0.25) is 5.91 Å². The highest BCUT2D eigenvalue weighted by molar-refractivity contribution is 8.00. The van der Waals surface area contributed by atoms with Crippen LogP contribution < -0.4 is 0 Å². The van der Waals surface area contributed by atoms with Gasteiger partial charge < -0.3 is 4.90 Å². The lowest BCUT2D eigenvalue weighted by atomic mass is 10.3. The predicted molar refractivity (Wildman–Crippen MR) is 72.1 cm³/mol. The molecule has 0 fully saturated rings. The van der Waals surface area contributed by atoms with Gasteiger partial charge in [0.05, 0.1) is 11.8 Å². The van der Waals surface area contributed by atoms with Crippen LogP contribution in [0.3, 0.4) is 0 Å². The summed E-state index contributed by atoms with van der Waals surface area (Å²) in [5.41, 5.74) is 0. The Balaban J connectivity index is 2.44. The normalized spacial score (nSPS) is 12.4. The van der Waals surface area contributed by atoms with Gasteiger partial charge in [-0.3, -0.25) is 9.48 Å². The zero-order valence-electron chi connectivity index (χ0n) is 10.8. The Morgan fingerprint density at radius 3 is 2.82 bits per heavy atom. The molecule has 1 aromatic rings. The van der Waals surface area contributed by atoms with Gasteiger partial charge in [-0.15, -0.1) is 11.8 Å². The van der Waals surface area contributed by atoms with E-state index in [1.165, 1.54) is 0 Å². The summed E-state index contributed by atoms with van der Waals surface area (Å²) >= 11 is 1.69. The second-order valence-corrected chi connectivity index (χ2v) is 5.40. The van der Waals surface area contributed by atoms with Crippen LogP contribution in [0.25, 0.3) is 0 Å². The molecule has 0 spiro atoms. The van der Waals surface area contributed by atoms with E-state index in [0.717, 1.165) is 25.4 Å². The van der Waals surface area contributed by atoms with Gasteiger partial charge in [0.15, 0.2) is 0 Å². The number of likely N-dealkylation sites (N-methyl/N-ethyl adjacent to an activating group) is 1. The zero-order chi connectivity index (χ0) is 12.7. The molecule has 0 aliphatic rings. The molecule has 1 atom stereocenters. The largest absolute Gasteiger partial charge is 0.340 e. The smallest absolute Gasteiger partial charge is 0.235 e. The van der Waals surface area contributed by atoms with E-state index < -0.39 is 0 Å². The van der Waals surface area contributed by atoms with Crippen LogP contribution >= 0.6 is 11.8 Å². The number of rotatable bonds is 7. The van der Waals surface area contributed by atoms with Crippen LogP contribution in [0.2, 0.25) is 0 Å². The van der Waals surface area contributed by atoms with Gasteiger partial charge in [-0.05, 0) is 25.7 Å². The Morgan fingerprint density at radius 2 is 2.29 bits per heavy atom. The molecule has 0 aliphatic heterocycles. The Kier molecular flexibility index (Phi) is 6.11. The fourth-order valence-electron chi connectivity index (χ4n) is 1.66. The van der Waals surface area contributed by atoms with E-state index in [4.69, 9.17) is 0 Å². The van der Waals surface area contributed by atoms with Crippen molar-refractivity contribution in [1.29, 1.82) is 0 Å². The first kappa shape index (κ1) is 14.1. The second-order valence-electron chi connectivity index (χ2n) is 3.78. The zero-order valence-corrected chi connectivity index (χ0v) is 11.6. The number of carbonyl (C=O) groups is 1. The standard InChI is InChI=1S/C12H21N3OS/c1-4-14(12(16)11(3)17-5-2)9-10-15-8-6-7-13-15/h6-8,11H,4-5,9-10H2,1-3H3/t11-/m1/s1. The Labute approximate surface area is 107 Å². The minimum Gasteiger partial charge on any atom is -0.340 e. The summed E-state index contributed by atoms with van der Waals surface area (Å²) in [5.74, 6) is 1.20. The van der Waals surface area contributed by atoms with Crippen LogP contribution in [0.4, 0.5) is 0 Å². The Morgan fingerprint density at radius 1 is 1.53 bits per heavy atom. The third-order valence-corrected chi connectivity index (χ3v) is 3.65. The molecule has 1 rings (SSSR count). The van der Waals surface area contributed by atoms with Gasteiger partial charge in [0, 0.05) is 25.5 Å². The van der Waals surface area contributed by atoms with E-state index in [1.54, 1.807) is 18.0 Å². The summed E-state index contributed by atoms with van der Waals surface area (Å²) in [6, 6.07) is 1.90. The monoisotopic (exact) mass is 255 g/mol. The molecule has 0 unspecified atom stereocenters. The van der Waals surface area contributed by atoms with E-state index in [2.05, 4.69) is 12.0 Å². The Hall–Kier alpha value is -0.970. The molecule has 96 valence electrons. The van der Waals surface area contributed by atoms with Crippen LogP contribution in [0.1, 0.15) is 20.8 Å². The first-order valence-corrected chi connectivity index (χ1v) is 7.11. The van der Waals surface area contributed by atoms with E-state index in [-0.39, 0.29) is 11.2 Å². The molecule has 0 aromatic carbocycles. The lowest BCUT2D eigenvalue weighted by Gasteiger charge is -2.24. The fraction of sp³-hybridized carbons (Fsp3) is 0.667. The van der Waals surface area contributed by atoms with Gasteiger partial charge in [0.1, 0.15) is 0 Å². The van der Waals surface area contributed by atoms with Crippen molar-refractivity contribution in [2.45, 2.75) is 32.6 Å². The number of amides is 1. The van der Waals surface area contributed by atoms with Gasteiger partial charge in [0.25, 0.3) is 0 Å². The van der Waals surface area contributed by atoms with Gasteiger partial charge in [-0.25, -0.2) is 0 Å². The SMILES string of the molecule is CCS[C@H](C)C(=O)N(CC)CCn1cccn1. The molecule has 0 radical (unpaired) electrons. The highest BCUT2D eigenvalue weighted by Gasteiger charge is 2.18. The molecule has 0 saturated heterocycles. The molecule has 17 heavy (non-hydrogen) atoms. The van der Waals surface area contributed by atoms with Crippen molar-refractivity contribution in [3.05, 3.63) is 18.5 Å². The summed E-state index contributed by atoms with van der Waals surface area (Å²) in [7, 11) is 0. The minimum absolute atomic E-state index is 0.0533. The van der Waals surface area contributed by atoms with E-state index in [1.807, 2.05) is 35.7 Å². The summed E-state index contributed by atoms with van der Waals surface area (Å²) in [4.78, 5) is 14.0. The quantitative estimate of drug-likeness (QED) is 0.746. The molecule has 0 N–H and O–H groups in total. The molecule has 0 bridgehead atoms. The number of carbonyl (C=O) groups excluding carboxylic acids is 1. The molecule has 1 amide bonds. The minimum atomic E-state index is 0.0533. The molecule has 1 aromatic heterocycles. The summed E-state index contributed by atoms with van der Waals surface area (Å²) in [6.07, 6.45) is 3.68. The maximum absolute atomic E-state index is 12.1. The molecule has 0 saturated carbocycles. The van der Waals surface area contributed by atoms with Crippen molar-refractivity contribution < 1.29 is 4.79 Å². The van der Waals surface area contributed by atoms with Crippen molar-refractivity contribution in [2.75, 3.05) is 18.8 Å². The molecule has 4 nitrogen and oxygen atoms in total. The van der Waals surface area contributed by atoms with E-state index in [0.29, 0.717) is 0 Å². The van der Waals surface area contributed by atoms with Crippen LogP contribution in [-0.2, 0) is 11.3 Å². The van der Waals surface area contributed by atoms with Gasteiger partial charge in [-0.1, -0.05) is 6.92 Å². The first-order chi connectivity index (χ1) is 8.19. The maximum atomic E-state index is 12.1. The summed E-state index contributed by atoms with van der Waals surface area (Å²) < 4.78 is 1.85.